The molecular weight excluding hydrogens is 298 g/mol. The van der Waals surface area contributed by atoms with Crippen molar-refractivity contribution in [3.05, 3.63) is 64.2 Å². The Morgan fingerprint density at radius 2 is 1.65 bits per heavy atom. The van der Waals surface area contributed by atoms with Gasteiger partial charge in [0.1, 0.15) is 11.3 Å². The number of rotatable bonds is 3. The van der Waals surface area contributed by atoms with E-state index in [0.29, 0.717) is 22.3 Å². The molecule has 2 N–H and O–H groups in total. The number of amides is 2. The maximum atomic E-state index is 12.3. The number of aromatic carboxylic acids is 1. The number of carbonyl (C=O) groups excluding carboxylic acids is 2. The fourth-order valence-corrected chi connectivity index (χ4v) is 2.67. The largest absolute Gasteiger partial charge is 0.507 e. The Morgan fingerprint density at radius 1 is 1.09 bits per heavy atom. The van der Waals surface area contributed by atoms with E-state index in [1.54, 1.807) is 37.3 Å². The Hall–Kier alpha value is -3.15. The number of carboxylic acids is 1. The number of carboxylic acid groups (broad SMARTS) is 1. The summed E-state index contributed by atoms with van der Waals surface area (Å²) < 4.78 is 0. The summed E-state index contributed by atoms with van der Waals surface area (Å²) in [6, 6.07) is 9.36. The standard InChI is InChI=1S/C17H13NO5/c1-9-6-10(7-13(14(9)19)17(22)23)8-18-15(20)11-4-2-3-5-12(11)16(18)21/h2-7,19H,8H2,1H3,(H,22,23). The van der Waals surface area contributed by atoms with Crippen LogP contribution in [0.3, 0.4) is 0 Å². The second-order valence-electron chi connectivity index (χ2n) is 5.36. The molecule has 0 atom stereocenters. The molecule has 116 valence electrons. The van der Waals surface area contributed by atoms with E-state index in [0.717, 1.165) is 4.90 Å². The molecule has 1 aliphatic rings. The normalized spacial score (nSPS) is 13.3. The highest BCUT2D eigenvalue weighted by molar-refractivity contribution is 6.21. The number of hydrogen-bond donors (Lipinski definition) is 2. The number of hydrogen-bond acceptors (Lipinski definition) is 4. The van der Waals surface area contributed by atoms with Gasteiger partial charge in [-0.3, -0.25) is 14.5 Å². The molecular formula is C17H13NO5. The van der Waals surface area contributed by atoms with Crippen LogP contribution in [0.5, 0.6) is 5.75 Å². The number of nitrogens with zero attached hydrogens (tertiary/aromatic N) is 1. The Balaban J connectivity index is 1.97. The number of imide groups is 1. The highest BCUT2D eigenvalue weighted by Crippen LogP contribution is 2.28. The summed E-state index contributed by atoms with van der Waals surface area (Å²) in [7, 11) is 0. The fourth-order valence-electron chi connectivity index (χ4n) is 2.67. The van der Waals surface area contributed by atoms with Gasteiger partial charge in [-0.2, -0.15) is 0 Å². The van der Waals surface area contributed by atoms with Gasteiger partial charge in [-0.25, -0.2) is 4.79 Å². The summed E-state index contributed by atoms with van der Waals surface area (Å²) in [4.78, 5) is 36.9. The smallest absolute Gasteiger partial charge is 0.339 e. The Morgan fingerprint density at radius 3 is 2.17 bits per heavy atom. The van der Waals surface area contributed by atoms with Crippen molar-refractivity contribution in [2.45, 2.75) is 13.5 Å². The van der Waals surface area contributed by atoms with E-state index in [2.05, 4.69) is 0 Å². The van der Waals surface area contributed by atoms with Crippen LogP contribution in [0.2, 0.25) is 0 Å². The lowest BCUT2D eigenvalue weighted by molar-refractivity contribution is 0.0641. The summed E-state index contributed by atoms with van der Waals surface area (Å²) in [5.41, 5.74) is 1.26. The SMILES string of the molecule is Cc1cc(CN2C(=O)c3ccccc3C2=O)cc(C(=O)O)c1O. The van der Waals surface area contributed by atoms with Crippen molar-refractivity contribution in [2.24, 2.45) is 0 Å². The monoisotopic (exact) mass is 311 g/mol. The highest BCUT2D eigenvalue weighted by atomic mass is 16.4. The van der Waals surface area contributed by atoms with E-state index >= 15 is 0 Å². The number of fused-ring (bicyclic) bond motifs is 1. The van der Waals surface area contributed by atoms with Crippen LogP contribution in [0.25, 0.3) is 0 Å². The maximum Gasteiger partial charge on any atom is 0.339 e. The van der Waals surface area contributed by atoms with Gasteiger partial charge in [0, 0.05) is 0 Å². The van der Waals surface area contributed by atoms with Crippen LogP contribution in [-0.2, 0) is 6.54 Å². The minimum absolute atomic E-state index is 0.0479. The first-order valence-electron chi connectivity index (χ1n) is 6.91. The van der Waals surface area contributed by atoms with Gasteiger partial charge in [0.15, 0.2) is 0 Å². The molecule has 0 saturated carbocycles. The third-order valence-corrected chi connectivity index (χ3v) is 3.81. The van der Waals surface area contributed by atoms with Gasteiger partial charge in [-0.1, -0.05) is 18.2 Å². The van der Waals surface area contributed by atoms with Gasteiger partial charge >= 0.3 is 5.97 Å². The van der Waals surface area contributed by atoms with Crippen molar-refractivity contribution in [3.63, 3.8) is 0 Å². The molecule has 0 fully saturated rings. The van der Waals surface area contributed by atoms with Crippen LogP contribution in [0.4, 0.5) is 0 Å². The van der Waals surface area contributed by atoms with Crippen LogP contribution >= 0.6 is 0 Å². The van der Waals surface area contributed by atoms with Gasteiger partial charge in [0.05, 0.1) is 17.7 Å². The average Bonchev–Trinajstić information content (AvgIpc) is 2.76. The van der Waals surface area contributed by atoms with Crippen LogP contribution in [0, 0.1) is 6.92 Å². The summed E-state index contributed by atoms with van der Waals surface area (Å²) >= 11 is 0. The highest BCUT2D eigenvalue weighted by Gasteiger charge is 2.35. The molecule has 6 heteroatoms. The number of aryl methyl sites for hydroxylation is 1. The minimum atomic E-state index is -1.27. The van der Waals surface area contributed by atoms with Gasteiger partial charge in [0.25, 0.3) is 11.8 Å². The van der Waals surface area contributed by atoms with Gasteiger partial charge in [0.2, 0.25) is 0 Å². The molecule has 1 heterocycles. The molecule has 0 radical (unpaired) electrons. The molecule has 6 nitrogen and oxygen atoms in total. The summed E-state index contributed by atoms with van der Waals surface area (Å²) in [6.45, 7) is 1.52. The molecule has 3 rings (SSSR count). The zero-order chi connectivity index (χ0) is 16.7. The maximum absolute atomic E-state index is 12.3. The first-order chi connectivity index (χ1) is 10.9. The molecule has 0 aliphatic carbocycles. The second-order valence-corrected chi connectivity index (χ2v) is 5.36. The molecule has 2 aromatic carbocycles. The lowest BCUT2D eigenvalue weighted by atomic mass is 10.0. The van der Waals surface area contributed by atoms with Crippen molar-refractivity contribution in [3.8, 4) is 5.75 Å². The van der Waals surface area contributed by atoms with Gasteiger partial charge in [-0.15, -0.1) is 0 Å². The first kappa shape index (κ1) is 14.8. The van der Waals surface area contributed by atoms with E-state index in [-0.39, 0.29) is 17.9 Å². The molecule has 0 unspecified atom stereocenters. The lowest BCUT2D eigenvalue weighted by Crippen LogP contribution is -2.29. The van der Waals surface area contributed by atoms with E-state index < -0.39 is 17.8 Å². The predicted molar refractivity (Wildman–Crippen MR) is 80.4 cm³/mol. The zero-order valence-electron chi connectivity index (χ0n) is 12.2. The van der Waals surface area contributed by atoms with Crippen LogP contribution in [-0.4, -0.2) is 32.9 Å². The summed E-state index contributed by atoms with van der Waals surface area (Å²) in [6.07, 6.45) is 0. The number of benzene rings is 2. The topological polar surface area (TPSA) is 94.9 Å². The number of carbonyl (C=O) groups is 3. The molecule has 1 aliphatic heterocycles. The van der Waals surface area contributed by atoms with Gasteiger partial charge < -0.3 is 10.2 Å². The Labute approximate surface area is 131 Å². The molecule has 0 saturated heterocycles. The molecule has 2 aromatic rings. The molecule has 0 spiro atoms. The molecule has 0 aromatic heterocycles. The van der Waals surface area contributed by atoms with E-state index in [1.807, 2.05) is 0 Å². The van der Waals surface area contributed by atoms with Crippen molar-refractivity contribution in [1.29, 1.82) is 0 Å². The second kappa shape index (κ2) is 5.24. The van der Waals surface area contributed by atoms with E-state index in [1.165, 1.54) is 6.07 Å². The molecule has 2 amide bonds. The first-order valence-corrected chi connectivity index (χ1v) is 6.91. The van der Waals surface area contributed by atoms with Crippen molar-refractivity contribution in [2.75, 3.05) is 0 Å². The molecule has 23 heavy (non-hydrogen) atoms. The van der Waals surface area contributed by atoms with Gasteiger partial charge in [-0.05, 0) is 36.2 Å². The van der Waals surface area contributed by atoms with Crippen molar-refractivity contribution in [1.82, 2.24) is 4.90 Å². The average molecular weight is 311 g/mol. The third-order valence-electron chi connectivity index (χ3n) is 3.81. The van der Waals surface area contributed by atoms with E-state index in [9.17, 15) is 19.5 Å². The fraction of sp³-hybridized carbons (Fsp3) is 0.118. The lowest BCUT2D eigenvalue weighted by Gasteiger charge is -2.15. The Bertz CT molecular complexity index is 821. The van der Waals surface area contributed by atoms with Crippen LogP contribution in [0.15, 0.2) is 36.4 Å². The number of phenols is 1. The van der Waals surface area contributed by atoms with Crippen molar-refractivity contribution >= 4 is 17.8 Å². The van der Waals surface area contributed by atoms with Crippen LogP contribution < -0.4 is 0 Å². The predicted octanol–water partition coefficient (Wildman–Crippen LogP) is 2.20. The van der Waals surface area contributed by atoms with Crippen LogP contribution in [0.1, 0.15) is 42.2 Å². The molecule has 0 bridgehead atoms. The quantitative estimate of drug-likeness (QED) is 0.847. The number of aromatic hydroxyl groups is 1. The minimum Gasteiger partial charge on any atom is -0.507 e. The van der Waals surface area contributed by atoms with E-state index in [4.69, 9.17) is 5.11 Å². The van der Waals surface area contributed by atoms with Crippen molar-refractivity contribution < 1.29 is 24.6 Å². The summed E-state index contributed by atoms with van der Waals surface area (Å²) in [5.74, 6) is -2.40. The Kier molecular flexibility index (Phi) is 3.37. The zero-order valence-corrected chi connectivity index (χ0v) is 12.2. The third kappa shape index (κ3) is 2.34. The summed E-state index contributed by atoms with van der Waals surface area (Å²) in [5, 5.41) is 18.9.